The maximum atomic E-state index is 12.7. The fraction of sp³-hybridized carbons (Fsp3) is 0.333. The monoisotopic (exact) mass is 218 g/mol. The van der Waals surface area contributed by atoms with Crippen LogP contribution in [0.4, 0.5) is 4.39 Å². The standard InChI is InChI=1S/C12H11FN2O/c13-10-5-3-8(4-6-10)11(7-14)15-12(16)9-1-2-9/h3-6,9,11H,1-2H2,(H,15,16). The quantitative estimate of drug-likeness (QED) is 0.842. The molecular formula is C12H11FN2O. The summed E-state index contributed by atoms with van der Waals surface area (Å²) < 4.78 is 12.7. The molecule has 1 atom stereocenters. The lowest BCUT2D eigenvalue weighted by Crippen LogP contribution is -2.28. The van der Waals surface area contributed by atoms with Crippen LogP contribution in [0.5, 0.6) is 0 Å². The first-order valence-electron chi connectivity index (χ1n) is 5.16. The van der Waals surface area contributed by atoms with E-state index < -0.39 is 6.04 Å². The van der Waals surface area contributed by atoms with Crippen LogP contribution in [-0.4, -0.2) is 5.91 Å². The minimum Gasteiger partial charge on any atom is -0.336 e. The maximum absolute atomic E-state index is 12.7. The van der Waals surface area contributed by atoms with Crippen molar-refractivity contribution >= 4 is 5.91 Å². The van der Waals surface area contributed by atoms with Crippen LogP contribution in [0.25, 0.3) is 0 Å². The van der Waals surface area contributed by atoms with Gasteiger partial charge < -0.3 is 5.32 Å². The average molecular weight is 218 g/mol. The van der Waals surface area contributed by atoms with E-state index in [1.165, 1.54) is 24.3 Å². The number of benzene rings is 1. The Morgan fingerprint density at radius 2 is 2.06 bits per heavy atom. The van der Waals surface area contributed by atoms with E-state index in [0.717, 1.165) is 12.8 Å². The molecule has 1 unspecified atom stereocenters. The number of nitriles is 1. The van der Waals surface area contributed by atoms with E-state index in [1.54, 1.807) is 0 Å². The van der Waals surface area contributed by atoms with Gasteiger partial charge in [0.25, 0.3) is 0 Å². The van der Waals surface area contributed by atoms with Crippen molar-refractivity contribution in [2.24, 2.45) is 5.92 Å². The first-order valence-corrected chi connectivity index (χ1v) is 5.16. The summed E-state index contributed by atoms with van der Waals surface area (Å²) in [6, 6.07) is 6.89. The molecule has 82 valence electrons. The largest absolute Gasteiger partial charge is 0.336 e. The predicted molar refractivity (Wildman–Crippen MR) is 55.6 cm³/mol. The number of carbonyl (C=O) groups excluding carboxylic acids is 1. The third-order valence-electron chi connectivity index (χ3n) is 2.57. The van der Waals surface area contributed by atoms with Crippen LogP contribution in [0.2, 0.25) is 0 Å². The van der Waals surface area contributed by atoms with E-state index >= 15 is 0 Å². The normalized spacial score (nSPS) is 16.2. The van der Waals surface area contributed by atoms with Gasteiger partial charge in [0.05, 0.1) is 6.07 Å². The van der Waals surface area contributed by atoms with Crippen LogP contribution in [0, 0.1) is 23.1 Å². The summed E-state index contributed by atoms with van der Waals surface area (Å²) in [5.74, 6) is -0.374. The Morgan fingerprint density at radius 3 is 2.56 bits per heavy atom. The van der Waals surface area contributed by atoms with Crippen molar-refractivity contribution in [1.82, 2.24) is 5.32 Å². The van der Waals surface area contributed by atoms with E-state index in [9.17, 15) is 9.18 Å². The van der Waals surface area contributed by atoms with Crippen molar-refractivity contribution in [1.29, 1.82) is 5.26 Å². The van der Waals surface area contributed by atoms with Crippen LogP contribution in [0.15, 0.2) is 24.3 Å². The van der Waals surface area contributed by atoms with Crippen molar-refractivity contribution in [2.45, 2.75) is 18.9 Å². The Hall–Kier alpha value is -1.89. The SMILES string of the molecule is N#CC(NC(=O)C1CC1)c1ccc(F)cc1. The fourth-order valence-electron chi connectivity index (χ4n) is 1.45. The van der Waals surface area contributed by atoms with Crippen LogP contribution in [0.1, 0.15) is 24.4 Å². The van der Waals surface area contributed by atoms with E-state index in [-0.39, 0.29) is 17.6 Å². The molecule has 1 aliphatic rings. The van der Waals surface area contributed by atoms with Crippen LogP contribution in [0.3, 0.4) is 0 Å². The number of nitrogens with zero attached hydrogens (tertiary/aromatic N) is 1. The van der Waals surface area contributed by atoms with Gasteiger partial charge in [-0.15, -0.1) is 0 Å². The first-order chi connectivity index (χ1) is 7.70. The van der Waals surface area contributed by atoms with Gasteiger partial charge in [-0.25, -0.2) is 4.39 Å². The molecular weight excluding hydrogens is 207 g/mol. The second kappa shape index (κ2) is 4.31. The van der Waals surface area contributed by atoms with Crippen LogP contribution in [-0.2, 0) is 4.79 Å². The summed E-state index contributed by atoms with van der Waals surface area (Å²) in [4.78, 5) is 11.5. The van der Waals surface area contributed by atoms with Gasteiger partial charge in [-0.3, -0.25) is 4.79 Å². The van der Waals surface area contributed by atoms with Gasteiger partial charge in [0.15, 0.2) is 0 Å². The van der Waals surface area contributed by atoms with E-state index in [4.69, 9.17) is 5.26 Å². The zero-order valence-electron chi connectivity index (χ0n) is 8.61. The van der Waals surface area contributed by atoms with E-state index in [2.05, 4.69) is 5.32 Å². The number of hydrogen-bond acceptors (Lipinski definition) is 2. The predicted octanol–water partition coefficient (Wildman–Crippen LogP) is 1.92. The lowest BCUT2D eigenvalue weighted by atomic mass is 10.1. The Kier molecular flexibility index (Phi) is 2.86. The molecule has 0 aliphatic heterocycles. The molecule has 1 fully saturated rings. The molecule has 2 rings (SSSR count). The average Bonchev–Trinajstić information content (AvgIpc) is 3.11. The minimum atomic E-state index is -0.686. The molecule has 1 aromatic carbocycles. The molecule has 4 heteroatoms. The van der Waals surface area contributed by atoms with Crippen molar-refractivity contribution in [3.8, 4) is 6.07 Å². The summed E-state index contributed by atoms with van der Waals surface area (Å²) in [6.07, 6.45) is 1.79. The molecule has 1 amide bonds. The van der Waals surface area contributed by atoms with E-state index in [1.807, 2.05) is 6.07 Å². The summed E-state index contributed by atoms with van der Waals surface area (Å²) in [5.41, 5.74) is 0.609. The van der Waals surface area contributed by atoms with Crippen LogP contribution < -0.4 is 5.32 Å². The Bertz CT molecular complexity index is 431. The number of carbonyl (C=O) groups is 1. The number of nitrogens with one attached hydrogen (secondary N) is 1. The van der Waals surface area contributed by atoms with Crippen LogP contribution >= 0.6 is 0 Å². The van der Waals surface area contributed by atoms with E-state index in [0.29, 0.717) is 5.56 Å². The molecule has 1 saturated carbocycles. The Labute approximate surface area is 92.9 Å². The summed E-state index contributed by atoms with van der Waals surface area (Å²) in [7, 11) is 0. The molecule has 0 saturated heterocycles. The minimum absolute atomic E-state index is 0.0660. The van der Waals surface area contributed by atoms with Gasteiger partial charge in [0.1, 0.15) is 11.9 Å². The van der Waals surface area contributed by atoms with Gasteiger partial charge in [0, 0.05) is 5.92 Å². The lowest BCUT2D eigenvalue weighted by Gasteiger charge is -2.11. The lowest BCUT2D eigenvalue weighted by molar-refractivity contribution is -0.122. The number of rotatable bonds is 3. The summed E-state index contributed by atoms with van der Waals surface area (Å²) >= 11 is 0. The van der Waals surface area contributed by atoms with Gasteiger partial charge in [0.2, 0.25) is 5.91 Å². The Morgan fingerprint density at radius 1 is 1.44 bits per heavy atom. The number of amides is 1. The third kappa shape index (κ3) is 2.37. The Balaban J connectivity index is 2.07. The molecule has 3 nitrogen and oxygen atoms in total. The fourth-order valence-corrected chi connectivity index (χ4v) is 1.45. The zero-order chi connectivity index (χ0) is 11.5. The molecule has 0 bridgehead atoms. The first kappa shape index (κ1) is 10.6. The van der Waals surface area contributed by atoms with Crippen molar-refractivity contribution in [3.63, 3.8) is 0 Å². The molecule has 1 N–H and O–H groups in total. The molecule has 0 spiro atoms. The molecule has 1 aromatic rings. The highest BCUT2D eigenvalue weighted by Crippen LogP contribution is 2.29. The smallest absolute Gasteiger partial charge is 0.224 e. The molecule has 1 aliphatic carbocycles. The molecule has 0 heterocycles. The second-order valence-electron chi connectivity index (χ2n) is 3.90. The van der Waals surface area contributed by atoms with Gasteiger partial charge in [-0.1, -0.05) is 12.1 Å². The second-order valence-corrected chi connectivity index (χ2v) is 3.90. The van der Waals surface area contributed by atoms with Gasteiger partial charge >= 0.3 is 0 Å². The van der Waals surface area contributed by atoms with Gasteiger partial charge in [-0.05, 0) is 30.5 Å². The van der Waals surface area contributed by atoms with Gasteiger partial charge in [-0.2, -0.15) is 5.26 Å². The highest BCUT2D eigenvalue weighted by Gasteiger charge is 2.31. The van der Waals surface area contributed by atoms with Crippen molar-refractivity contribution < 1.29 is 9.18 Å². The molecule has 0 aromatic heterocycles. The third-order valence-corrected chi connectivity index (χ3v) is 2.57. The molecule has 0 radical (unpaired) electrons. The zero-order valence-corrected chi connectivity index (χ0v) is 8.61. The topological polar surface area (TPSA) is 52.9 Å². The highest BCUT2D eigenvalue weighted by atomic mass is 19.1. The highest BCUT2D eigenvalue weighted by molar-refractivity contribution is 5.81. The molecule has 16 heavy (non-hydrogen) atoms. The number of hydrogen-bond donors (Lipinski definition) is 1. The van der Waals surface area contributed by atoms with Crippen molar-refractivity contribution in [2.75, 3.05) is 0 Å². The number of halogens is 1. The van der Waals surface area contributed by atoms with Crippen molar-refractivity contribution in [3.05, 3.63) is 35.6 Å². The summed E-state index contributed by atoms with van der Waals surface area (Å²) in [6.45, 7) is 0. The maximum Gasteiger partial charge on any atom is 0.224 e. The summed E-state index contributed by atoms with van der Waals surface area (Å²) in [5, 5.41) is 11.6.